The Morgan fingerprint density at radius 2 is 1.77 bits per heavy atom. The lowest BCUT2D eigenvalue weighted by Crippen LogP contribution is -2.41. The first-order valence-corrected chi connectivity index (χ1v) is 9.21. The average Bonchev–Trinajstić information content (AvgIpc) is 2.94. The topological polar surface area (TPSA) is 88.9 Å². The summed E-state index contributed by atoms with van der Waals surface area (Å²) in [6, 6.07) is 7.72. The van der Waals surface area contributed by atoms with Crippen LogP contribution in [0.1, 0.15) is 33.3 Å². The van der Waals surface area contributed by atoms with Crippen molar-refractivity contribution >= 4 is 23.7 Å². The van der Waals surface area contributed by atoms with E-state index in [-0.39, 0.29) is 11.3 Å². The third-order valence-corrected chi connectivity index (χ3v) is 5.09. The van der Waals surface area contributed by atoms with E-state index < -0.39 is 11.3 Å². The lowest BCUT2D eigenvalue weighted by molar-refractivity contribution is -0.119. The van der Waals surface area contributed by atoms with Crippen molar-refractivity contribution < 1.29 is 9.59 Å². The van der Waals surface area contributed by atoms with Crippen molar-refractivity contribution in [2.24, 2.45) is 7.05 Å². The summed E-state index contributed by atoms with van der Waals surface area (Å²) in [6.45, 7) is 8.23. The molecule has 2 N–H and O–H groups in total. The third-order valence-electron chi connectivity index (χ3n) is 3.96. The number of imide groups is 1. The van der Waals surface area contributed by atoms with E-state index in [0.717, 1.165) is 11.4 Å². The lowest BCUT2D eigenvalue weighted by Gasteiger charge is -2.19. The number of nitrogens with zero attached hydrogens (tertiary/aromatic N) is 3. The first kappa shape index (κ1) is 20.0. The Kier molecular flexibility index (Phi) is 6.07. The number of thioether (sulfide) groups is 1. The number of aromatic nitrogens is 3. The predicted molar refractivity (Wildman–Crippen MR) is 103 cm³/mol. The molecule has 0 spiro atoms. The summed E-state index contributed by atoms with van der Waals surface area (Å²) in [5.41, 5.74) is 2.30. The zero-order valence-corrected chi connectivity index (χ0v) is 16.8. The molecule has 2 rings (SSSR count). The standard InChI is InChI=1S/C18H25N5O2S/c1-11(15(24)20-16(25)19-5)26-17-22-21-14(23(17)6)12-7-9-13(10-8-12)18(2,3)4/h7-11H,1-6H3,(H2,19,20,24,25)/t11-/m1/s1. The van der Waals surface area contributed by atoms with E-state index in [9.17, 15) is 9.59 Å². The number of carbonyl (C=O) groups excluding carboxylic acids is 2. The third kappa shape index (κ3) is 4.63. The van der Waals surface area contributed by atoms with Crippen LogP contribution in [0.25, 0.3) is 11.4 Å². The fraction of sp³-hybridized carbons (Fsp3) is 0.444. The molecule has 0 bridgehead atoms. The Labute approximate surface area is 158 Å². The van der Waals surface area contributed by atoms with Gasteiger partial charge in [0, 0.05) is 19.7 Å². The van der Waals surface area contributed by atoms with Gasteiger partial charge in [-0.25, -0.2) is 4.79 Å². The fourth-order valence-electron chi connectivity index (χ4n) is 2.28. The Morgan fingerprint density at radius 1 is 1.15 bits per heavy atom. The smallest absolute Gasteiger partial charge is 0.321 e. The van der Waals surface area contributed by atoms with E-state index in [1.807, 2.05) is 23.7 Å². The molecular weight excluding hydrogens is 350 g/mol. The van der Waals surface area contributed by atoms with Gasteiger partial charge in [0.25, 0.3) is 0 Å². The van der Waals surface area contributed by atoms with Crippen molar-refractivity contribution in [2.45, 2.75) is 43.5 Å². The molecule has 0 saturated carbocycles. The molecule has 0 fully saturated rings. The molecule has 0 saturated heterocycles. The van der Waals surface area contributed by atoms with Gasteiger partial charge >= 0.3 is 6.03 Å². The van der Waals surface area contributed by atoms with Gasteiger partial charge in [-0.1, -0.05) is 56.8 Å². The Bertz CT molecular complexity index is 793. The molecule has 1 aromatic heterocycles. The van der Waals surface area contributed by atoms with Crippen LogP contribution in [0, 0.1) is 0 Å². The second kappa shape index (κ2) is 7.90. The summed E-state index contributed by atoms with van der Waals surface area (Å²) >= 11 is 1.25. The molecule has 0 radical (unpaired) electrons. The van der Waals surface area contributed by atoms with Crippen molar-refractivity contribution in [1.82, 2.24) is 25.4 Å². The fourth-order valence-corrected chi connectivity index (χ4v) is 3.09. The van der Waals surface area contributed by atoms with Crippen molar-refractivity contribution in [3.8, 4) is 11.4 Å². The molecule has 2 aromatic rings. The number of urea groups is 1. The van der Waals surface area contributed by atoms with Gasteiger partial charge in [0.05, 0.1) is 5.25 Å². The number of nitrogens with one attached hydrogen (secondary N) is 2. The lowest BCUT2D eigenvalue weighted by atomic mass is 9.87. The Hall–Kier alpha value is -2.35. The van der Waals surface area contributed by atoms with Crippen molar-refractivity contribution in [1.29, 1.82) is 0 Å². The molecule has 3 amide bonds. The molecule has 140 valence electrons. The normalized spacial score (nSPS) is 12.5. The molecule has 1 heterocycles. The highest BCUT2D eigenvalue weighted by molar-refractivity contribution is 8.00. The van der Waals surface area contributed by atoms with Crippen LogP contribution in [0.5, 0.6) is 0 Å². The van der Waals surface area contributed by atoms with Gasteiger partial charge in [-0.05, 0) is 17.9 Å². The van der Waals surface area contributed by atoms with E-state index in [1.54, 1.807) is 6.92 Å². The average molecular weight is 375 g/mol. The van der Waals surface area contributed by atoms with Crippen LogP contribution in [-0.2, 0) is 17.3 Å². The zero-order valence-electron chi connectivity index (χ0n) is 16.0. The predicted octanol–water partition coefficient (Wildman–Crippen LogP) is 2.72. The van der Waals surface area contributed by atoms with E-state index in [2.05, 4.69) is 53.7 Å². The minimum Gasteiger partial charge on any atom is -0.341 e. The van der Waals surface area contributed by atoms with E-state index >= 15 is 0 Å². The largest absolute Gasteiger partial charge is 0.341 e. The second-order valence-corrected chi connectivity index (χ2v) is 8.33. The van der Waals surface area contributed by atoms with E-state index in [1.165, 1.54) is 24.4 Å². The number of rotatable bonds is 4. The maximum absolute atomic E-state index is 12.0. The van der Waals surface area contributed by atoms with Gasteiger partial charge in [0.1, 0.15) is 0 Å². The monoisotopic (exact) mass is 375 g/mol. The summed E-state index contributed by atoms with van der Waals surface area (Å²) in [7, 11) is 3.32. The highest BCUT2D eigenvalue weighted by Gasteiger charge is 2.21. The highest BCUT2D eigenvalue weighted by Crippen LogP contribution is 2.28. The van der Waals surface area contributed by atoms with Gasteiger partial charge in [0.2, 0.25) is 5.91 Å². The number of hydrogen-bond donors (Lipinski definition) is 2. The van der Waals surface area contributed by atoms with E-state index in [4.69, 9.17) is 0 Å². The summed E-state index contributed by atoms with van der Waals surface area (Å²) in [5.74, 6) is 0.347. The molecule has 1 atom stereocenters. The van der Waals surface area contributed by atoms with Crippen LogP contribution >= 0.6 is 11.8 Å². The molecule has 0 aliphatic heterocycles. The maximum atomic E-state index is 12.0. The van der Waals surface area contributed by atoms with Crippen LogP contribution in [0.15, 0.2) is 29.4 Å². The summed E-state index contributed by atoms with van der Waals surface area (Å²) in [5, 5.41) is 13.2. The first-order chi connectivity index (χ1) is 12.1. The maximum Gasteiger partial charge on any atom is 0.321 e. The van der Waals surface area contributed by atoms with Crippen molar-refractivity contribution in [3.63, 3.8) is 0 Å². The Balaban J connectivity index is 2.14. The molecule has 26 heavy (non-hydrogen) atoms. The van der Waals surface area contributed by atoms with Gasteiger partial charge in [-0.15, -0.1) is 10.2 Å². The Morgan fingerprint density at radius 3 is 2.31 bits per heavy atom. The van der Waals surface area contributed by atoms with Gasteiger partial charge in [-0.3, -0.25) is 10.1 Å². The quantitative estimate of drug-likeness (QED) is 0.802. The van der Waals surface area contributed by atoms with Crippen molar-refractivity contribution in [3.05, 3.63) is 29.8 Å². The number of carbonyl (C=O) groups is 2. The van der Waals surface area contributed by atoms with E-state index in [0.29, 0.717) is 5.16 Å². The summed E-state index contributed by atoms with van der Waals surface area (Å²) in [6.07, 6.45) is 0. The minimum absolute atomic E-state index is 0.0903. The van der Waals surface area contributed by atoms with Crippen LogP contribution in [0.4, 0.5) is 4.79 Å². The number of amides is 3. The van der Waals surface area contributed by atoms with Gasteiger partial charge in [-0.2, -0.15) is 0 Å². The summed E-state index contributed by atoms with van der Waals surface area (Å²) < 4.78 is 1.85. The molecule has 1 aromatic carbocycles. The zero-order chi connectivity index (χ0) is 19.5. The minimum atomic E-state index is -0.528. The molecule has 8 heteroatoms. The van der Waals surface area contributed by atoms with Crippen LogP contribution < -0.4 is 10.6 Å². The highest BCUT2D eigenvalue weighted by atomic mass is 32.2. The first-order valence-electron chi connectivity index (χ1n) is 8.33. The molecular formula is C18H25N5O2S. The van der Waals surface area contributed by atoms with Crippen molar-refractivity contribution in [2.75, 3.05) is 7.05 Å². The van der Waals surface area contributed by atoms with Gasteiger partial charge < -0.3 is 9.88 Å². The van der Waals surface area contributed by atoms with Crippen LogP contribution in [0.3, 0.4) is 0 Å². The molecule has 7 nitrogen and oxygen atoms in total. The summed E-state index contributed by atoms with van der Waals surface area (Å²) in [4.78, 5) is 23.2. The number of benzene rings is 1. The molecule has 0 unspecified atom stereocenters. The molecule has 0 aliphatic carbocycles. The van der Waals surface area contributed by atoms with Crippen LogP contribution in [-0.4, -0.2) is 39.0 Å². The van der Waals surface area contributed by atoms with Crippen LogP contribution in [0.2, 0.25) is 0 Å². The number of hydrogen-bond acceptors (Lipinski definition) is 5. The molecule has 0 aliphatic rings. The SMILES string of the molecule is CNC(=O)NC(=O)[C@@H](C)Sc1nnc(-c2ccc(C(C)(C)C)cc2)n1C. The second-order valence-electron chi connectivity index (χ2n) is 7.02. The van der Waals surface area contributed by atoms with Gasteiger partial charge in [0.15, 0.2) is 11.0 Å².